The summed E-state index contributed by atoms with van der Waals surface area (Å²) in [5.41, 5.74) is 6.54. The number of hydrogen-bond donors (Lipinski definition) is 2. The van der Waals surface area contributed by atoms with E-state index in [4.69, 9.17) is 10.8 Å². The average molecular weight is 204 g/mol. The molecule has 0 radical (unpaired) electrons. The van der Waals surface area contributed by atoms with Crippen LogP contribution in [0.5, 0.6) is 5.75 Å². The predicted octanol–water partition coefficient (Wildman–Crippen LogP) is 1.87. The molecule has 2 aromatic rings. The van der Waals surface area contributed by atoms with Crippen molar-refractivity contribution in [3.8, 4) is 5.75 Å². The second-order valence-corrected chi connectivity index (χ2v) is 2.92. The van der Waals surface area contributed by atoms with Crippen LogP contribution < -0.4 is 10.5 Å². The number of benzene rings is 1. The zero-order valence-corrected chi connectivity index (χ0v) is 7.68. The lowest BCUT2D eigenvalue weighted by Gasteiger charge is -2.06. The molecule has 0 saturated heterocycles. The van der Waals surface area contributed by atoms with E-state index in [2.05, 4.69) is 9.72 Å². The summed E-state index contributed by atoms with van der Waals surface area (Å²) < 4.78 is 4.61. The van der Waals surface area contributed by atoms with Crippen molar-refractivity contribution < 1.29 is 14.6 Å². The molecule has 1 heterocycles. The Morgan fingerprint density at radius 2 is 2.20 bits per heavy atom. The molecule has 0 aliphatic rings. The van der Waals surface area contributed by atoms with E-state index in [0.29, 0.717) is 10.9 Å². The summed E-state index contributed by atoms with van der Waals surface area (Å²) >= 11 is 0. The third kappa shape index (κ3) is 1.67. The van der Waals surface area contributed by atoms with E-state index < -0.39 is 6.16 Å². The van der Waals surface area contributed by atoms with E-state index in [0.717, 1.165) is 0 Å². The SMILES string of the molecule is Nc1ccc2ncccc2c1OC(=O)O. The molecule has 0 spiro atoms. The van der Waals surface area contributed by atoms with Crippen LogP contribution in [0.3, 0.4) is 0 Å². The van der Waals surface area contributed by atoms with Crippen LogP contribution in [-0.2, 0) is 0 Å². The molecule has 0 aliphatic heterocycles. The van der Waals surface area contributed by atoms with E-state index in [1.165, 1.54) is 0 Å². The van der Waals surface area contributed by atoms with Gasteiger partial charge in [-0.25, -0.2) is 4.79 Å². The van der Waals surface area contributed by atoms with Gasteiger partial charge < -0.3 is 15.6 Å². The summed E-state index contributed by atoms with van der Waals surface area (Å²) in [5.74, 6) is 0.133. The van der Waals surface area contributed by atoms with Gasteiger partial charge in [-0.1, -0.05) is 0 Å². The van der Waals surface area contributed by atoms with Gasteiger partial charge in [0.25, 0.3) is 0 Å². The van der Waals surface area contributed by atoms with Crippen LogP contribution in [0, 0.1) is 0 Å². The molecule has 0 saturated carbocycles. The fraction of sp³-hybridized carbons (Fsp3) is 0. The molecule has 15 heavy (non-hydrogen) atoms. The monoisotopic (exact) mass is 204 g/mol. The Morgan fingerprint density at radius 1 is 1.40 bits per heavy atom. The first-order valence-electron chi connectivity index (χ1n) is 4.22. The normalized spacial score (nSPS) is 10.1. The highest BCUT2D eigenvalue weighted by Gasteiger charge is 2.10. The molecule has 0 atom stereocenters. The number of nitrogens with zero attached hydrogens (tertiary/aromatic N) is 1. The Morgan fingerprint density at radius 3 is 2.93 bits per heavy atom. The third-order valence-electron chi connectivity index (χ3n) is 1.96. The van der Waals surface area contributed by atoms with Gasteiger partial charge in [-0.15, -0.1) is 0 Å². The summed E-state index contributed by atoms with van der Waals surface area (Å²) in [7, 11) is 0. The van der Waals surface area contributed by atoms with Crippen molar-refractivity contribution in [1.82, 2.24) is 4.98 Å². The molecular formula is C10H8N2O3. The molecule has 5 heteroatoms. The Kier molecular flexibility index (Phi) is 2.13. The number of nitrogens with two attached hydrogens (primary N) is 1. The first-order valence-corrected chi connectivity index (χ1v) is 4.22. The summed E-state index contributed by atoms with van der Waals surface area (Å²) in [6, 6.07) is 6.67. The molecule has 1 aromatic heterocycles. The summed E-state index contributed by atoms with van der Waals surface area (Å²) in [4.78, 5) is 14.5. The highest BCUT2D eigenvalue weighted by Crippen LogP contribution is 2.30. The number of anilines is 1. The summed E-state index contributed by atoms with van der Waals surface area (Å²) in [5, 5.41) is 9.14. The molecule has 1 aromatic carbocycles. The Bertz CT molecular complexity index is 525. The fourth-order valence-electron chi connectivity index (χ4n) is 1.34. The first kappa shape index (κ1) is 9.26. The van der Waals surface area contributed by atoms with Crippen molar-refractivity contribution in [2.24, 2.45) is 0 Å². The number of nitrogen functional groups attached to an aromatic ring is 1. The fourth-order valence-corrected chi connectivity index (χ4v) is 1.34. The number of rotatable bonds is 1. The zero-order chi connectivity index (χ0) is 10.8. The molecule has 0 aliphatic carbocycles. The highest BCUT2D eigenvalue weighted by atomic mass is 16.7. The van der Waals surface area contributed by atoms with Gasteiger partial charge in [0.1, 0.15) is 0 Å². The smallest absolute Gasteiger partial charge is 0.449 e. The van der Waals surface area contributed by atoms with Gasteiger partial charge in [-0.2, -0.15) is 0 Å². The van der Waals surface area contributed by atoms with Crippen LogP contribution in [0.1, 0.15) is 0 Å². The summed E-state index contributed by atoms with van der Waals surface area (Å²) in [6.45, 7) is 0. The Balaban J connectivity index is 2.68. The lowest BCUT2D eigenvalue weighted by Crippen LogP contribution is -2.05. The van der Waals surface area contributed by atoms with Crippen molar-refractivity contribution in [1.29, 1.82) is 0 Å². The van der Waals surface area contributed by atoms with Gasteiger partial charge in [0.15, 0.2) is 5.75 Å². The molecule has 3 N–H and O–H groups in total. The Hall–Kier alpha value is -2.30. The average Bonchev–Trinajstić information content (AvgIpc) is 2.22. The van der Waals surface area contributed by atoms with Crippen LogP contribution in [-0.4, -0.2) is 16.2 Å². The number of fused-ring (bicyclic) bond motifs is 1. The highest BCUT2D eigenvalue weighted by molar-refractivity contribution is 5.91. The molecule has 76 valence electrons. The molecular weight excluding hydrogens is 196 g/mol. The van der Waals surface area contributed by atoms with Crippen molar-refractivity contribution in [2.75, 3.05) is 5.73 Å². The van der Waals surface area contributed by atoms with Gasteiger partial charge in [0.2, 0.25) is 0 Å². The van der Waals surface area contributed by atoms with E-state index in [1.807, 2.05) is 0 Å². The van der Waals surface area contributed by atoms with Crippen LogP contribution >= 0.6 is 0 Å². The maximum Gasteiger partial charge on any atom is 0.511 e. The van der Waals surface area contributed by atoms with Crippen LogP contribution in [0.15, 0.2) is 30.5 Å². The molecule has 2 rings (SSSR count). The quantitative estimate of drug-likeness (QED) is 0.420. The number of carboxylic acid groups (broad SMARTS) is 1. The second kappa shape index (κ2) is 3.45. The second-order valence-electron chi connectivity index (χ2n) is 2.92. The third-order valence-corrected chi connectivity index (χ3v) is 1.96. The van der Waals surface area contributed by atoms with E-state index in [9.17, 15) is 4.79 Å². The van der Waals surface area contributed by atoms with Gasteiger partial charge in [0.05, 0.1) is 11.2 Å². The van der Waals surface area contributed by atoms with E-state index >= 15 is 0 Å². The molecule has 0 fully saturated rings. The first-order chi connectivity index (χ1) is 7.18. The lowest BCUT2D eigenvalue weighted by molar-refractivity contribution is 0.145. The topological polar surface area (TPSA) is 85.4 Å². The minimum Gasteiger partial charge on any atom is -0.449 e. The maximum atomic E-state index is 10.5. The molecule has 0 unspecified atom stereocenters. The number of carbonyl (C=O) groups is 1. The number of pyridine rings is 1. The summed E-state index contributed by atoms with van der Waals surface area (Å²) in [6.07, 6.45) is 0.223. The van der Waals surface area contributed by atoms with Crippen LogP contribution in [0.4, 0.5) is 10.5 Å². The Labute approximate surface area is 85.1 Å². The van der Waals surface area contributed by atoms with Gasteiger partial charge in [-0.3, -0.25) is 4.98 Å². The van der Waals surface area contributed by atoms with Gasteiger partial charge in [0, 0.05) is 11.6 Å². The van der Waals surface area contributed by atoms with Crippen LogP contribution in [0.25, 0.3) is 10.9 Å². The largest absolute Gasteiger partial charge is 0.511 e. The number of ether oxygens (including phenoxy) is 1. The van der Waals surface area contributed by atoms with Crippen molar-refractivity contribution in [3.05, 3.63) is 30.5 Å². The predicted molar refractivity (Wildman–Crippen MR) is 54.8 cm³/mol. The van der Waals surface area contributed by atoms with Crippen LogP contribution in [0.2, 0.25) is 0 Å². The molecule has 0 bridgehead atoms. The van der Waals surface area contributed by atoms with Crippen molar-refractivity contribution in [2.45, 2.75) is 0 Å². The van der Waals surface area contributed by atoms with Crippen molar-refractivity contribution in [3.63, 3.8) is 0 Å². The minimum atomic E-state index is -1.39. The van der Waals surface area contributed by atoms with Gasteiger partial charge in [-0.05, 0) is 24.3 Å². The lowest BCUT2D eigenvalue weighted by atomic mass is 10.2. The zero-order valence-electron chi connectivity index (χ0n) is 7.68. The van der Waals surface area contributed by atoms with Crippen molar-refractivity contribution >= 4 is 22.7 Å². The van der Waals surface area contributed by atoms with Gasteiger partial charge >= 0.3 is 6.16 Å². The standard InChI is InChI=1S/C10H8N2O3/c11-7-3-4-8-6(2-1-5-12-8)9(7)15-10(13)14/h1-5H,11H2,(H,13,14). The minimum absolute atomic E-state index is 0.133. The molecule has 5 nitrogen and oxygen atoms in total. The number of aromatic nitrogens is 1. The molecule has 0 amide bonds. The van der Waals surface area contributed by atoms with E-state index in [1.54, 1.807) is 30.5 Å². The number of hydrogen-bond acceptors (Lipinski definition) is 4. The van der Waals surface area contributed by atoms with E-state index in [-0.39, 0.29) is 11.4 Å². The maximum absolute atomic E-state index is 10.5.